The first-order valence-electron chi connectivity index (χ1n) is 10.4. The van der Waals surface area contributed by atoms with Gasteiger partial charge in [-0.15, -0.1) is 0 Å². The lowest BCUT2D eigenvalue weighted by Gasteiger charge is -2.38. The van der Waals surface area contributed by atoms with Gasteiger partial charge in [-0.1, -0.05) is 32.0 Å². The Kier molecular flexibility index (Phi) is 5.53. The van der Waals surface area contributed by atoms with Crippen LogP contribution >= 0.6 is 0 Å². The largest absolute Gasteiger partial charge is 0.465 e. The molecule has 2 aromatic heterocycles. The maximum absolute atomic E-state index is 13.6. The Labute approximate surface area is 175 Å². The fraction of sp³-hybridized carbons (Fsp3) is 0.391. The molecule has 0 aliphatic carbocycles. The highest BCUT2D eigenvalue weighted by atomic mass is 16.5. The van der Waals surface area contributed by atoms with E-state index >= 15 is 0 Å². The first-order valence-corrected chi connectivity index (χ1v) is 10.4. The predicted molar refractivity (Wildman–Crippen MR) is 114 cm³/mol. The number of fused-ring (bicyclic) bond motifs is 3. The van der Waals surface area contributed by atoms with Crippen molar-refractivity contribution in [2.24, 2.45) is 11.8 Å². The number of nitrogens with zero attached hydrogens (tertiary/aromatic N) is 4. The number of ether oxygens (including phenoxy) is 1. The van der Waals surface area contributed by atoms with E-state index in [0.717, 1.165) is 23.0 Å². The lowest BCUT2D eigenvalue weighted by Crippen LogP contribution is -2.50. The molecular formula is C23H26N4O3. The Morgan fingerprint density at radius 3 is 2.70 bits per heavy atom. The van der Waals surface area contributed by atoms with E-state index in [-0.39, 0.29) is 12.5 Å². The third kappa shape index (κ3) is 3.44. The summed E-state index contributed by atoms with van der Waals surface area (Å²) < 4.78 is 7.34. The van der Waals surface area contributed by atoms with Gasteiger partial charge < -0.3 is 9.30 Å². The monoisotopic (exact) mass is 406 g/mol. The molecule has 30 heavy (non-hydrogen) atoms. The van der Waals surface area contributed by atoms with Gasteiger partial charge in [-0.2, -0.15) is 0 Å². The van der Waals surface area contributed by atoms with Crippen LogP contribution in [0.3, 0.4) is 0 Å². The second-order valence-corrected chi connectivity index (χ2v) is 7.90. The summed E-state index contributed by atoms with van der Waals surface area (Å²) in [4.78, 5) is 37.3. The highest BCUT2D eigenvalue weighted by Crippen LogP contribution is 2.41. The molecule has 0 saturated heterocycles. The summed E-state index contributed by atoms with van der Waals surface area (Å²) in [7, 11) is 0. The zero-order valence-electron chi connectivity index (χ0n) is 17.5. The highest BCUT2D eigenvalue weighted by molar-refractivity contribution is 6.08. The number of carbonyl (C=O) groups excluding carboxylic acids is 2. The van der Waals surface area contributed by atoms with Crippen molar-refractivity contribution >= 4 is 28.9 Å². The minimum absolute atomic E-state index is 0.214. The highest BCUT2D eigenvalue weighted by Gasteiger charge is 2.47. The van der Waals surface area contributed by atoms with Gasteiger partial charge in [-0.05, 0) is 43.0 Å². The zero-order chi connectivity index (χ0) is 21.3. The number of carbonyl (C=O) groups is 2. The van der Waals surface area contributed by atoms with Gasteiger partial charge in [0.15, 0.2) is 5.92 Å². The molecule has 1 aliphatic heterocycles. The van der Waals surface area contributed by atoms with Crippen molar-refractivity contribution in [1.29, 1.82) is 0 Å². The summed E-state index contributed by atoms with van der Waals surface area (Å²) in [6.45, 7) is 6.68. The molecule has 1 aliphatic rings. The Hall–Kier alpha value is -3.22. The normalized spacial score (nSPS) is 18.7. The van der Waals surface area contributed by atoms with Crippen molar-refractivity contribution in [2.75, 3.05) is 18.1 Å². The van der Waals surface area contributed by atoms with Crippen LogP contribution in [0.1, 0.15) is 38.8 Å². The first kappa shape index (κ1) is 20.1. The summed E-state index contributed by atoms with van der Waals surface area (Å²) in [6, 6.07) is 10.9. The van der Waals surface area contributed by atoms with E-state index in [4.69, 9.17) is 9.72 Å². The van der Waals surface area contributed by atoms with Crippen LogP contribution in [0.4, 0.5) is 5.95 Å². The van der Waals surface area contributed by atoms with E-state index in [1.165, 1.54) is 0 Å². The molecule has 7 nitrogen and oxygen atoms in total. The molecule has 0 spiro atoms. The number of esters is 1. The minimum atomic E-state index is -0.994. The first-order chi connectivity index (χ1) is 14.5. The maximum atomic E-state index is 13.6. The van der Waals surface area contributed by atoms with Crippen molar-refractivity contribution in [3.8, 4) is 0 Å². The van der Waals surface area contributed by atoms with Crippen molar-refractivity contribution in [3.05, 3.63) is 54.4 Å². The molecule has 156 valence electrons. The van der Waals surface area contributed by atoms with E-state index in [9.17, 15) is 9.59 Å². The predicted octanol–water partition coefficient (Wildman–Crippen LogP) is 3.59. The average Bonchev–Trinajstić information content (AvgIpc) is 3.12. The van der Waals surface area contributed by atoms with Crippen molar-refractivity contribution in [1.82, 2.24) is 14.5 Å². The van der Waals surface area contributed by atoms with Gasteiger partial charge >= 0.3 is 5.97 Å². The quantitative estimate of drug-likeness (QED) is 0.462. The summed E-state index contributed by atoms with van der Waals surface area (Å²) in [5.74, 6) is -0.810. The van der Waals surface area contributed by atoms with Crippen LogP contribution in [0.15, 0.2) is 48.8 Å². The molecule has 7 heteroatoms. The third-order valence-electron chi connectivity index (χ3n) is 5.44. The number of benzene rings is 1. The number of imidazole rings is 1. The molecule has 4 rings (SSSR count). The number of hydrogen-bond donors (Lipinski definition) is 0. The van der Waals surface area contributed by atoms with E-state index in [2.05, 4.69) is 18.8 Å². The number of pyridine rings is 1. The molecule has 2 unspecified atom stereocenters. The Balaban J connectivity index is 1.95. The van der Waals surface area contributed by atoms with Crippen LogP contribution in [0.2, 0.25) is 0 Å². The zero-order valence-corrected chi connectivity index (χ0v) is 17.5. The van der Waals surface area contributed by atoms with Crippen molar-refractivity contribution in [2.45, 2.75) is 33.2 Å². The molecule has 0 bridgehead atoms. The van der Waals surface area contributed by atoms with Crippen molar-refractivity contribution in [3.63, 3.8) is 0 Å². The van der Waals surface area contributed by atoms with Crippen LogP contribution in [0, 0.1) is 11.8 Å². The van der Waals surface area contributed by atoms with Gasteiger partial charge in [0.05, 0.1) is 23.7 Å². The average molecular weight is 406 g/mol. The topological polar surface area (TPSA) is 77.3 Å². The Morgan fingerprint density at radius 1 is 1.20 bits per heavy atom. The molecule has 3 heterocycles. The van der Waals surface area contributed by atoms with Gasteiger partial charge in [0.1, 0.15) is 0 Å². The number of para-hydroxylation sites is 2. The smallest absolute Gasteiger partial charge is 0.321 e. The van der Waals surface area contributed by atoms with Gasteiger partial charge in [-0.3, -0.25) is 19.5 Å². The summed E-state index contributed by atoms with van der Waals surface area (Å²) in [6.07, 6.45) is 4.18. The summed E-state index contributed by atoms with van der Waals surface area (Å²) in [5, 5.41) is 0. The van der Waals surface area contributed by atoms with E-state index in [1.807, 2.05) is 41.0 Å². The van der Waals surface area contributed by atoms with Crippen LogP contribution < -0.4 is 4.90 Å². The fourth-order valence-electron chi connectivity index (χ4n) is 4.00. The molecule has 0 N–H and O–H groups in total. The van der Waals surface area contributed by atoms with E-state index in [0.29, 0.717) is 18.4 Å². The standard InChI is InChI=1S/C23H26N4O3/c1-4-30-22(29)19-20(16-8-7-12-24-14-16)27-18-10-6-5-9-17(18)25-23(27)26(21(19)28)13-11-15(2)3/h5-10,12,14-15,19-20H,4,11,13H2,1-3H3. The molecular weight excluding hydrogens is 380 g/mol. The molecule has 1 aromatic carbocycles. The molecule has 0 radical (unpaired) electrons. The van der Waals surface area contributed by atoms with E-state index in [1.54, 1.807) is 24.2 Å². The lowest BCUT2D eigenvalue weighted by atomic mass is 9.90. The van der Waals surface area contributed by atoms with Gasteiger partial charge in [-0.25, -0.2) is 4.98 Å². The molecule has 0 fully saturated rings. The molecule has 2 atom stereocenters. The number of hydrogen-bond acceptors (Lipinski definition) is 5. The summed E-state index contributed by atoms with van der Waals surface area (Å²) in [5.41, 5.74) is 2.43. The fourth-order valence-corrected chi connectivity index (χ4v) is 4.00. The van der Waals surface area contributed by atoms with Gasteiger partial charge in [0.25, 0.3) is 0 Å². The number of anilines is 1. The van der Waals surface area contributed by atoms with Crippen LogP contribution in [-0.4, -0.2) is 39.6 Å². The Bertz CT molecular complexity index is 1060. The SMILES string of the molecule is CCOC(=O)C1C(=O)N(CCC(C)C)c2nc3ccccc3n2C1c1cccnc1. The molecule has 0 saturated carbocycles. The van der Waals surface area contributed by atoms with E-state index < -0.39 is 17.9 Å². The molecule has 3 aromatic rings. The van der Waals surface area contributed by atoms with Crippen LogP contribution in [0.5, 0.6) is 0 Å². The molecule has 1 amide bonds. The van der Waals surface area contributed by atoms with Gasteiger partial charge in [0.2, 0.25) is 11.9 Å². The van der Waals surface area contributed by atoms with Crippen molar-refractivity contribution < 1.29 is 14.3 Å². The van der Waals surface area contributed by atoms with Crippen LogP contribution in [0.25, 0.3) is 11.0 Å². The summed E-state index contributed by atoms with van der Waals surface area (Å²) >= 11 is 0. The number of amides is 1. The third-order valence-corrected chi connectivity index (χ3v) is 5.44. The second kappa shape index (κ2) is 8.26. The minimum Gasteiger partial charge on any atom is -0.465 e. The number of rotatable bonds is 6. The van der Waals surface area contributed by atoms with Crippen LogP contribution in [-0.2, 0) is 14.3 Å². The lowest BCUT2D eigenvalue weighted by molar-refractivity contribution is -0.153. The Morgan fingerprint density at radius 2 is 2.00 bits per heavy atom. The number of aromatic nitrogens is 3. The second-order valence-electron chi connectivity index (χ2n) is 7.90. The maximum Gasteiger partial charge on any atom is 0.321 e. The van der Waals surface area contributed by atoms with Gasteiger partial charge in [0, 0.05) is 18.9 Å².